The lowest BCUT2D eigenvalue weighted by Crippen LogP contribution is -2.48. The van der Waals surface area contributed by atoms with Crippen LogP contribution in [0.4, 0.5) is 0 Å². The van der Waals surface area contributed by atoms with Crippen LogP contribution in [0.25, 0.3) is 11.0 Å². The number of aromatic nitrogens is 3. The highest BCUT2D eigenvalue weighted by molar-refractivity contribution is 5.92. The number of rotatable bonds is 1. The molecule has 0 aliphatic carbocycles. The van der Waals surface area contributed by atoms with Gasteiger partial charge in [0.05, 0.1) is 17.7 Å². The predicted octanol–water partition coefficient (Wildman–Crippen LogP) is 1.58. The summed E-state index contributed by atoms with van der Waals surface area (Å²) in [6.45, 7) is 7.00. The summed E-state index contributed by atoms with van der Waals surface area (Å²) in [5, 5.41) is 8.05. The molecule has 2 aromatic rings. The smallest absolute Gasteiger partial charge is 0.293 e. The third-order valence-electron chi connectivity index (χ3n) is 3.51. The average Bonchev–Trinajstić information content (AvgIpc) is 2.44. The minimum absolute atomic E-state index is 0.0216. The summed E-state index contributed by atoms with van der Waals surface area (Å²) in [6.07, 6.45) is 0.0433. The van der Waals surface area contributed by atoms with E-state index in [0.29, 0.717) is 24.1 Å². The average molecular weight is 286 g/mol. The molecule has 0 spiro atoms. The summed E-state index contributed by atoms with van der Waals surface area (Å²) in [4.78, 5) is 18.6. The maximum Gasteiger partial charge on any atom is 0.293 e. The monoisotopic (exact) mass is 286 g/mol. The number of hydrogen-bond donors (Lipinski definition) is 0. The van der Waals surface area contributed by atoms with E-state index in [1.165, 1.54) is 0 Å². The van der Waals surface area contributed by atoms with Gasteiger partial charge in [-0.05, 0) is 38.5 Å². The first-order chi connectivity index (χ1) is 10.0. The maximum absolute atomic E-state index is 12.5. The zero-order chi connectivity index (χ0) is 15.0. The highest BCUT2D eigenvalue weighted by Crippen LogP contribution is 2.14. The summed E-state index contributed by atoms with van der Waals surface area (Å²) >= 11 is 0. The first-order valence-corrected chi connectivity index (χ1v) is 7.09. The van der Waals surface area contributed by atoms with Gasteiger partial charge in [-0.2, -0.15) is 0 Å². The molecule has 1 amide bonds. The number of ether oxygens (including phenoxy) is 1. The summed E-state index contributed by atoms with van der Waals surface area (Å²) in [6, 6.07) is 5.72. The third-order valence-corrected chi connectivity index (χ3v) is 3.51. The second-order valence-corrected chi connectivity index (χ2v) is 5.60. The zero-order valence-electron chi connectivity index (χ0n) is 12.4. The van der Waals surface area contributed by atoms with E-state index in [-0.39, 0.29) is 23.9 Å². The molecule has 1 aliphatic heterocycles. The molecule has 2 atom stereocenters. The van der Waals surface area contributed by atoms with Gasteiger partial charge < -0.3 is 9.64 Å². The first-order valence-electron chi connectivity index (χ1n) is 7.09. The molecule has 0 unspecified atom stereocenters. The molecular formula is C15H18N4O2. The van der Waals surface area contributed by atoms with Crippen molar-refractivity contribution in [2.45, 2.75) is 33.0 Å². The largest absolute Gasteiger partial charge is 0.372 e. The first kappa shape index (κ1) is 13.9. The molecule has 6 nitrogen and oxygen atoms in total. The fourth-order valence-corrected chi connectivity index (χ4v) is 2.62. The fourth-order valence-electron chi connectivity index (χ4n) is 2.62. The van der Waals surface area contributed by atoms with Gasteiger partial charge >= 0.3 is 0 Å². The Balaban J connectivity index is 1.90. The van der Waals surface area contributed by atoms with Crippen LogP contribution >= 0.6 is 0 Å². The molecule has 110 valence electrons. The molecule has 0 saturated carbocycles. The van der Waals surface area contributed by atoms with Crippen LogP contribution in [-0.2, 0) is 4.74 Å². The molecular weight excluding hydrogens is 268 g/mol. The van der Waals surface area contributed by atoms with E-state index < -0.39 is 0 Å². The summed E-state index contributed by atoms with van der Waals surface area (Å²) in [7, 11) is 0. The van der Waals surface area contributed by atoms with Gasteiger partial charge in [-0.3, -0.25) is 4.79 Å². The number of morpholine rings is 1. The molecule has 1 aliphatic rings. The SMILES string of the molecule is Cc1ccc2nnc(C(=O)N3C[C@@H](C)O[C@@H](C)C3)nc2c1. The molecule has 0 N–H and O–H groups in total. The van der Waals surface area contributed by atoms with Crippen LogP contribution in [0.15, 0.2) is 18.2 Å². The van der Waals surface area contributed by atoms with E-state index in [9.17, 15) is 4.79 Å². The number of fused-ring (bicyclic) bond motifs is 1. The Hall–Kier alpha value is -2.08. The van der Waals surface area contributed by atoms with Gasteiger partial charge in [-0.15, -0.1) is 10.2 Å². The highest BCUT2D eigenvalue weighted by atomic mass is 16.5. The Bertz CT molecular complexity index is 678. The van der Waals surface area contributed by atoms with Crippen LogP contribution in [0.3, 0.4) is 0 Å². The van der Waals surface area contributed by atoms with Crippen molar-refractivity contribution in [2.24, 2.45) is 0 Å². The lowest BCUT2D eigenvalue weighted by atomic mass is 10.2. The second kappa shape index (κ2) is 5.37. The van der Waals surface area contributed by atoms with E-state index in [1.54, 1.807) is 4.90 Å². The van der Waals surface area contributed by atoms with Crippen molar-refractivity contribution >= 4 is 16.9 Å². The summed E-state index contributed by atoms with van der Waals surface area (Å²) < 4.78 is 5.64. The molecule has 6 heteroatoms. The van der Waals surface area contributed by atoms with Crippen LogP contribution in [0, 0.1) is 6.92 Å². The Morgan fingerprint density at radius 2 is 1.90 bits per heavy atom. The van der Waals surface area contributed by atoms with Crippen LogP contribution in [-0.4, -0.2) is 51.3 Å². The van der Waals surface area contributed by atoms with Crippen LogP contribution in [0.2, 0.25) is 0 Å². The number of nitrogens with zero attached hydrogens (tertiary/aromatic N) is 4. The van der Waals surface area contributed by atoms with Crippen molar-refractivity contribution in [3.05, 3.63) is 29.6 Å². The van der Waals surface area contributed by atoms with Gasteiger partial charge in [-0.1, -0.05) is 6.07 Å². The lowest BCUT2D eigenvalue weighted by Gasteiger charge is -2.34. The van der Waals surface area contributed by atoms with Crippen LogP contribution in [0.1, 0.15) is 30.0 Å². The maximum atomic E-state index is 12.5. The number of benzene rings is 1. The van der Waals surface area contributed by atoms with Crippen molar-refractivity contribution in [3.8, 4) is 0 Å². The summed E-state index contributed by atoms with van der Waals surface area (Å²) in [5.41, 5.74) is 2.47. The Labute approximate surface area is 123 Å². The van der Waals surface area contributed by atoms with Crippen molar-refractivity contribution in [1.82, 2.24) is 20.1 Å². The lowest BCUT2D eigenvalue weighted by molar-refractivity contribution is -0.0589. The van der Waals surface area contributed by atoms with Crippen LogP contribution < -0.4 is 0 Å². The van der Waals surface area contributed by atoms with Gasteiger partial charge in [-0.25, -0.2) is 4.98 Å². The molecule has 21 heavy (non-hydrogen) atoms. The van der Waals surface area contributed by atoms with Gasteiger partial charge in [0.2, 0.25) is 5.82 Å². The van der Waals surface area contributed by atoms with Crippen molar-refractivity contribution in [1.29, 1.82) is 0 Å². The van der Waals surface area contributed by atoms with Crippen LogP contribution in [0.5, 0.6) is 0 Å². The zero-order valence-corrected chi connectivity index (χ0v) is 12.4. The quantitative estimate of drug-likeness (QED) is 0.796. The minimum atomic E-state index is -0.187. The topological polar surface area (TPSA) is 68.2 Å². The molecule has 2 heterocycles. The van der Waals surface area contributed by atoms with E-state index >= 15 is 0 Å². The predicted molar refractivity (Wildman–Crippen MR) is 78.0 cm³/mol. The molecule has 1 aromatic carbocycles. The standard InChI is InChI=1S/C15H18N4O2/c1-9-4-5-12-13(6-9)16-14(18-17-12)15(20)19-7-10(2)21-11(3)8-19/h4-6,10-11H,7-8H2,1-3H3/t10-,11+. The minimum Gasteiger partial charge on any atom is -0.372 e. The number of hydrogen-bond acceptors (Lipinski definition) is 5. The second-order valence-electron chi connectivity index (χ2n) is 5.60. The molecule has 0 radical (unpaired) electrons. The van der Waals surface area contributed by atoms with Gasteiger partial charge in [0, 0.05) is 13.1 Å². The normalized spacial score (nSPS) is 22.5. The van der Waals surface area contributed by atoms with Crippen molar-refractivity contribution in [3.63, 3.8) is 0 Å². The Kier molecular flexibility index (Phi) is 3.55. The number of amides is 1. The van der Waals surface area contributed by atoms with Crippen molar-refractivity contribution in [2.75, 3.05) is 13.1 Å². The highest BCUT2D eigenvalue weighted by Gasteiger charge is 2.28. The molecule has 1 aromatic heterocycles. The number of carbonyl (C=O) groups is 1. The van der Waals surface area contributed by atoms with E-state index in [2.05, 4.69) is 15.2 Å². The van der Waals surface area contributed by atoms with E-state index in [4.69, 9.17) is 4.74 Å². The molecule has 1 fully saturated rings. The fraction of sp³-hybridized carbons (Fsp3) is 0.467. The number of aryl methyl sites for hydroxylation is 1. The van der Waals surface area contributed by atoms with E-state index in [0.717, 1.165) is 5.56 Å². The molecule has 0 bridgehead atoms. The van der Waals surface area contributed by atoms with Gasteiger partial charge in [0.25, 0.3) is 5.91 Å². The Morgan fingerprint density at radius 3 is 2.62 bits per heavy atom. The summed E-state index contributed by atoms with van der Waals surface area (Å²) in [5.74, 6) is -0.0395. The van der Waals surface area contributed by atoms with Gasteiger partial charge in [0.1, 0.15) is 5.52 Å². The number of carbonyl (C=O) groups excluding carboxylic acids is 1. The molecule has 1 saturated heterocycles. The third kappa shape index (κ3) is 2.85. The van der Waals surface area contributed by atoms with Gasteiger partial charge in [0.15, 0.2) is 0 Å². The van der Waals surface area contributed by atoms with Crippen molar-refractivity contribution < 1.29 is 9.53 Å². The Morgan fingerprint density at radius 1 is 1.19 bits per heavy atom. The molecule has 3 rings (SSSR count). The van der Waals surface area contributed by atoms with E-state index in [1.807, 2.05) is 39.0 Å².